The van der Waals surface area contributed by atoms with Crippen LogP contribution in [0.25, 0.3) is 0 Å². The molecule has 0 aliphatic rings. The highest BCUT2D eigenvalue weighted by molar-refractivity contribution is 6.26. The van der Waals surface area contributed by atoms with Crippen molar-refractivity contribution >= 4 is 11.6 Å². The molecule has 0 aliphatic heterocycles. The molecule has 0 aromatic heterocycles. The van der Waals surface area contributed by atoms with Crippen molar-refractivity contribution < 1.29 is 13.2 Å². The van der Waals surface area contributed by atoms with E-state index >= 15 is 0 Å². The first-order valence-corrected chi connectivity index (χ1v) is 1.88. The van der Waals surface area contributed by atoms with Gasteiger partial charge in [-0.05, 0) is 0 Å². The Kier molecular flexibility index (Phi) is 1.92. The Hall–Kier alpha value is 0.0800. The summed E-state index contributed by atoms with van der Waals surface area (Å²) in [5, 5.41) is 0. The van der Waals surface area contributed by atoms with Crippen LogP contribution in [0, 0.1) is 5.63 Å². The Balaban J connectivity index is 3.54. The van der Waals surface area contributed by atoms with Crippen molar-refractivity contribution in [3.8, 4) is 0 Å². The molecule has 0 aromatic carbocycles. The summed E-state index contributed by atoms with van der Waals surface area (Å²) in [6, 6.07) is 0. The SMILES string of the molecule is CC(F)(F)[C](F)Cl. The zero-order valence-electron chi connectivity index (χ0n) is 3.51. The number of hydrogen-bond donors (Lipinski definition) is 0. The normalized spacial score (nSPS) is 12.9. The van der Waals surface area contributed by atoms with Crippen LogP contribution in [0.3, 0.4) is 0 Å². The summed E-state index contributed by atoms with van der Waals surface area (Å²) in [5.74, 6) is -3.48. The lowest BCUT2D eigenvalue weighted by atomic mass is 10.4. The molecule has 0 saturated heterocycles. The third-order valence-corrected chi connectivity index (χ3v) is 0.664. The van der Waals surface area contributed by atoms with Gasteiger partial charge >= 0.3 is 0 Å². The van der Waals surface area contributed by atoms with E-state index in [0.29, 0.717) is 6.92 Å². The molecule has 0 atom stereocenters. The summed E-state index contributed by atoms with van der Waals surface area (Å²) in [5.41, 5.74) is -1.87. The molecule has 1 radical (unpaired) electrons. The molecule has 43 valence electrons. The fraction of sp³-hybridized carbons (Fsp3) is 0.667. The molecule has 0 bridgehead atoms. The maximum atomic E-state index is 11.3. The predicted molar refractivity (Wildman–Crippen MR) is 20.8 cm³/mol. The average molecular weight is 132 g/mol. The molecule has 0 rings (SSSR count). The first-order valence-electron chi connectivity index (χ1n) is 1.51. The van der Waals surface area contributed by atoms with Crippen LogP contribution >= 0.6 is 11.6 Å². The number of hydrogen-bond acceptors (Lipinski definition) is 0. The van der Waals surface area contributed by atoms with E-state index < -0.39 is 11.6 Å². The predicted octanol–water partition coefficient (Wildman–Crippen LogP) is 2.34. The van der Waals surface area contributed by atoms with Crippen LogP contribution in [0.2, 0.25) is 0 Å². The van der Waals surface area contributed by atoms with E-state index in [1.54, 1.807) is 0 Å². The van der Waals surface area contributed by atoms with E-state index in [2.05, 4.69) is 11.6 Å². The van der Waals surface area contributed by atoms with E-state index in [4.69, 9.17) is 0 Å². The Bertz CT molecular complexity index is 55.7. The molecule has 7 heavy (non-hydrogen) atoms. The first kappa shape index (κ1) is 7.08. The van der Waals surface area contributed by atoms with Gasteiger partial charge in [0.05, 0.1) is 0 Å². The highest BCUT2D eigenvalue weighted by atomic mass is 35.5. The van der Waals surface area contributed by atoms with Gasteiger partial charge in [-0.1, -0.05) is 11.6 Å². The number of rotatable bonds is 1. The largest absolute Gasteiger partial charge is 0.299 e. The summed E-state index contributed by atoms with van der Waals surface area (Å²) >= 11 is 4.25. The van der Waals surface area contributed by atoms with Crippen molar-refractivity contribution in [2.75, 3.05) is 0 Å². The minimum Gasteiger partial charge on any atom is -0.214 e. The lowest BCUT2D eigenvalue weighted by Gasteiger charge is -2.05. The molecule has 0 aliphatic carbocycles. The van der Waals surface area contributed by atoms with Gasteiger partial charge in [-0.25, -0.2) is 13.2 Å². The molecule has 0 aromatic rings. The second kappa shape index (κ2) is 1.90. The molecule has 0 amide bonds. The molecule has 0 unspecified atom stereocenters. The van der Waals surface area contributed by atoms with E-state index in [1.807, 2.05) is 0 Å². The zero-order valence-corrected chi connectivity index (χ0v) is 4.27. The smallest absolute Gasteiger partial charge is 0.214 e. The number of alkyl halides is 2. The van der Waals surface area contributed by atoms with Gasteiger partial charge in [0.2, 0.25) is 0 Å². The van der Waals surface area contributed by atoms with E-state index in [-0.39, 0.29) is 0 Å². The summed E-state index contributed by atoms with van der Waals surface area (Å²) < 4.78 is 33.7. The molecule has 0 saturated carbocycles. The van der Waals surface area contributed by atoms with Crippen molar-refractivity contribution in [2.24, 2.45) is 0 Å². The Morgan fingerprint density at radius 3 is 1.71 bits per heavy atom. The quantitative estimate of drug-likeness (QED) is 0.512. The lowest BCUT2D eigenvalue weighted by Crippen LogP contribution is -2.12. The van der Waals surface area contributed by atoms with Gasteiger partial charge < -0.3 is 0 Å². The molecule has 0 nitrogen and oxygen atoms in total. The zero-order chi connectivity index (χ0) is 6.08. The van der Waals surface area contributed by atoms with Crippen LogP contribution in [-0.4, -0.2) is 5.92 Å². The summed E-state index contributed by atoms with van der Waals surface area (Å²) in [6.45, 7) is 0.384. The fourth-order valence-corrected chi connectivity index (χ4v) is 0. The molecule has 0 N–H and O–H groups in total. The van der Waals surface area contributed by atoms with Gasteiger partial charge in [0.15, 0.2) is 0 Å². The second-order valence-corrected chi connectivity index (χ2v) is 1.48. The highest BCUT2D eigenvalue weighted by Gasteiger charge is 2.33. The van der Waals surface area contributed by atoms with E-state index in [9.17, 15) is 13.2 Å². The fourth-order valence-electron chi connectivity index (χ4n) is 0. The Morgan fingerprint density at radius 2 is 1.71 bits per heavy atom. The van der Waals surface area contributed by atoms with Crippen LogP contribution in [0.5, 0.6) is 0 Å². The molecular weight excluding hydrogens is 128 g/mol. The molecule has 0 spiro atoms. The van der Waals surface area contributed by atoms with Crippen molar-refractivity contribution in [3.63, 3.8) is 0 Å². The van der Waals surface area contributed by atoms with Gasteiger partial charge in [0.1, 0.15) is 0 Å². The molecule has 4 heteroatoms. The van der Waals surface area contributed by atoms with Gasteiger partial charge in [0, 0.05) is 6.92 Å². The van der Waals surface area contributed by atoms with Crippen LogP contribution in [0.4, 0.5) is 13.2 Å². The standard InChI is InChI=1S/C3H3ClF3/c1-3(6,7)2(4)5/h1H3. The van der Waals surface area contributed by atoms with E-state index in [1.165, 1.54) is 0 Å². The Labute approximate surface area is 44.3 Å². The van der Waals surface area contributed by atoms with Crippen molar-refractivity contribution in [1.82, 2.24) is 0 Å². The Morgan fingerprint density at radius 1 is 1.57 bits per heavy atom. The first-order chi connectivity index (χ1) is 2.94. The maximum Gasteiger partial charge on any atom is 0.299 e. The van der Waals surface area contributed by atoms with Crippen LogP contribution in [-0.2, 0) is 0 Å². The van der Waals surface area contributed by atoms with E-state index in [0.717, 1.165) is 0 Å². The molecular formula is C3H3ClF3. The third kappa shape index (κ3) is 2.74. The van der Waals surface area contributed by atoms with Gasteiger partial charge in [0.25, 0.3) is 11.6 Å². The monoisotopic (exact) mass is 131 g/mol. The maximum absolute atomic E-state index is 11.3. The van der Waals surface area contributed by atoms with Crippen molar-refractivity contribution in [1.29, 1.82) is 0 Å². The van der Waals surface area contributed by atoms with Crippen molar-refractivity contribution in [3.05, 3.63) is 5.63 Å². The van der Waals surface area contributed by atoms with Crippen molar-refractivity contribution in [2.45, 2.75) is 12.8 Å². The molecule has 0 fully saturated rings. The minimum absolute atomic E-state index is 0.384. The summed E-state index contributed by atoms with van der Waals surface area (Å²) in [6.07, 6.45) is 0. The van der Waals surface area contributed by atoms with Gasteiger partial charge in [-0.3, -0.25) is 0 Å². The van der Waals surface area contributed by atoms with Gasteiger partial charge in [-0.15, -0.1) is 0 Å². The summed E-state index contributed by atoms with van der Waals surface area (Å²) in [4.78, 5) is 0. The second-order valence-electron chi connectivity index (χ2n) is 1.15. The molecule has 0 heterocycles. The van der Waals surface area contributed by atoms with Crippen LogP contribution < -0.4 is 0 Å². The number of halogens is 4. The highest BCUT2D eigenvalue weighted by Crippen LogP contribution is 2.29. The summed E-state index contributed by atoms with van der Waals surface area (Å²) in [7, 11) is 0. The third-order valence-electron chi connectivity index (χ3n) is 0.332. The van der Waals surface area contributed by atoms with Crippen LogP contribution in [0.1, 0.15) is 6.92 Å². The lowest BCUT2D eigenvalue weighted by molar-refractivity contribution is 0.0216. The van der Waals surface area contributed by atoms with Crippen LogP contribution in [0.15, 0.2) is 0 Å². The topological polar surface area (TPSA) is 0 Å². The minimum atomic E-state index is -3.48. The average Bonchev–Trinajstić information content (AvgIpc) is 1.31. The van der Waals surface area contributed by atoms with Gasteiger partial charge in [-0.2, -0.15) is 0 Å².